The van der Waals surface area contributed by atoms with Crippen molar-refractivity contribution in [1.82, 2.24) is 10.2 Å². The van der Waals surface area contributed by atoms with E-state index in [0.29, 0.717) is 26.4 Å². The molecule has 1 aliphatic rings. The van der Waals surface area contributed by atoms with E-state index in [1.54, 1.807) is 0 Å². The zero-order valence-electron chi connectivity index (χ0n) is 31.8. The molecule has 1 saturated heterocycles. The van der Waals surface area contributed by atoms with Gasteiger partial charge >= 0.3 is 0 Å². The number of benzene rings is 5. The van der Waals surface area contributed by atoms with Crippen LogP contribution in [0.5, 0.6) is 5.75 Å². The fraction of sp³-hybridized carbons (Fsp3) is 0.362. The zero-order valence-corrected chi connectivity index (χ0v) is 31.8. The van der Waals surface area contributed by atoms with E-state index in [0.717, 1.165) is 36.4 Å². The van der Waals surface area contributed by atoms with E-state index in [9.17, 15) is 0 Å². The molecule has 1 fully saturated rings. The van der Waals surface area contributed by atoms with Gasteiger partial charge in [-0.15, -0.1) is 0 Å². The Morgan fingerprint density at radius 2 is 1.21 bits per heavy atom. The highest BCUT2D eigenvalue weighted by Crippen LogP contribution is 2.28. The molecule has 1 N–H and O–H groups in total. The van der Waals surface area contributed by atoms with Gasteiger partial charge in [0.05, 0.1) is 38.0 Å². The summed E-state index contributed by atoms with van der Waals surface area (Å²) in [6, 6.07) is 50.7. The molecular formula is C47H56N2O4. The molecule has 0 saturated carbocycles. The Bertz CT molecular complexity index is 1720. The van der Waals surface area contributed by atoms with Crippen molar-refractivity contribution in [1.29, 1.82) is 0 Å². The third kappa shape index (κ3) is 12.1. The Balaban J connectivity index is 1.35. The van der Waals surface area contributed by atoms with Crippen molar-refractivity contribution in [3.05, 3.63) is 173 Å². The van der Waals surface area contributed by atoms with Gasteiger partial charge in [0.1, 0.15) is 12.4 Å². The third-order valence-corrected chi connectivity index (χ3v) is 9.58. The van der Waals surface area contributed by atoms with Gasteiger partial charge in [-0.2, -0.15) is 0 Å². The maximum atomic E-state index is 7.14. The summed E-state index contributed by atoms with van der Waals surface area (Å²) in [5.41, 5.74) is 6.03. The average molecular weight is 713 g/mol. The number of hydrogen-bond donors (Lipinski definition) is 1. The van der Waals surface area contributed by atoms with Crippen LogP contribution in [0.25, 0.3) is 0 Å². The second kappa shape index (κ2) is 19.2. The Hall–Kier alpha value is -4.30. The minimum absolute atomic E-state index is 0.0222. The van der Waals surface area contributed by atoms with Gasteiger partial charge in [-0.25, -0.2) is 0 Å². The highest BCUT2D eigenvalue weighted by atomic mass is 16.7. The van der Waals surface area contributed by atoms with Crippen molar-refractivity contribution in [3.63, 3.8) is 0 Å². The van der Waals surface area contributed by atoms with E-state index in [-0.39, 0.29) is 35.9 Å². The summed E-state index contributed by atoms with van der Waals surface area (Å²) in [5, 5.41) is 3.91. The summed E-state index contributed by atoms with van der Waals surface area (Å²) in [6.45, 7) is 12.3. The molecule has 6 rings (SSSR count). The lowest BCUT2D eigenvalue weighted by Crippen LogP contribution is -2.63. The molecule has 1 aliphatic heterocycles. The SMILES string of the molecule is C[C@H]1NC([C@@H](OCc2ccccc2)[C@H](Cc2cccc(OCc3ccccc3)c2)N(Cc2ccccc2)Cc2ccccc2)CO[C@H]1OCC(C)(C)C. The van der Waals surface area contributed by atoms with Crippen LogP contribution in [0.1, 0.15) is 55.5 Å². The number of ether oxygens (including phenoxy) is 4. The van der Waals surface area contributed by atoms with Gasteiger partial charge in [-0.05, 0) is 58.7 Å². The first-order chi connectivity index (χ1) is 25.8. The van der Waals surface area contributed by atoms with Crippen LogP contribution in [0.2, 0.25) is 0 Å². The van der Waals surface area contributed by atoms with Crippen LogP contribution in [-0.2, 0) is 46.9 Å². The molecule has 0 spiro atoms. The van der Waals surface area contributed by atoms with Crippen molar-refractivity contribution in [2.75, 3.05) is 13.2 Å². The molecule has 0 aromatic heterocycles. The normalized spacial score (nSPS) is 18.8. The van der Waals surface area contributed by atoms with Crippen LogP contribution in [0.15, 0.2) is 146 Å². The smallest absolute Gasteiger partial charge is 0.172 e. The van der Waals surface area contributed by atoms with E-state index in [4.69, 9.17) is 18.9 Å². The second-order valence-electron chi connectivity index (χ2n) is 15.5. The predicted molar refractivity (Wildman–Crippen MR) is 213 cm³/mol. The highest BCUT2D eigenvalue weighted by molar-refractivity contribution is 5.30. The van der Waals surface area contributed by atoms with E-state index in [2.05, 4.69) is 153 Å². The monoisotopic (exact) mass is 712 g/mol. The minimum Gasteiger partial charge on any atom is -0.489 e. The molecule has 1 unspecified atom stereocenters. The van der Waals surface area contributed by atoms with Gasteiger partial charge in [0.25, 0.3) is 0 Å². The summed E-state index contributed by atoms with van der Waals surface area (Å²) in [4.78, 5) is 2.59. The first kappa shape index (κ1) is 38.4. The van der Waals surface area contributed by atoms with Crippen LogP contribution in [0.4, 0.5) is 0 Å². The van der Waals surface area contributed by atoms with Crippen molar-refractivity contribution in [2.24, 2.45) is 5.41 Å². The van der Waals surface area contributed by atoms with Crippen LogP contribution in [-0.4, -0.2) is 48.6 Å². The largest absolute Gasteiger partial charge is 0.489 e. The van der Waals surface area contributed by atoms with Gasteiger partial charge in [0.2, 0.25) is 0 Å². The Labute approximate surface area is 317 Å². The number of nitrogens with one attached hydrogen (secondary N) is 1. The summed E-state index contributed by atoms with van der Waals surface area (Å²) in [7, 11) is 0. The molecule has 0 radical (unpaired) electrons. The second-order valence-corrected chi connectivity index (χ2v) is 15.5. The Morgan fingerprint density at radius 1 is 0.679 bits per heavy atom. The first-order valence-electron chi connectivity index (χ1n) is 19.0. The van der Waals surface area contributed by atoms with Gasteiger partial charge in [-0.1, -0.05) is 154 Å². The number of morpholine rings is 1. The molecule has 53 heavy (non-hydrogen) atoms. The van der Waals surface area contributed by atoms with Crippen molar-refractivity contribution < 1.29 is 18.9 Å². The molecule has 0 amide bonds. The zero-order chi connectivity index (χ0) is 36.9. The number of hydrogen-bond acceptors (Lipinski definition) is 6. The first-order valence-corrected chi connectivity index (χ1v) is 19.0. The minimum atomic E-state index is -0.332. The van der Waals surface area contributed by atoms with Gasteiger partial charge < -0.3 is 24.3 Å². The van der Waals surface area contributed by atoms with Crippen LogP contribution in [0, 0.1) is 5.41 Å². The van der Waals surface area contributed by atoms with Gasteiger partial charge in [0.15, 0.2) is 6.29 Å². The van der Waals surface area contributed by atoms with Crippen molar-refractivity contribution in [3.8, 4) is 5.75 Å². The lowest BCUT2D eigenvalue weighted by molar-refractivity contribution is -0.206. The highest BCUT2D eigenvalue weighted by Gasteiger charge is 2.40. The molecule has 5 aromatic carbocycles. The maximum Gasteiger partial charge on any atom is 0.172 e. The van der Waals surface area contributed by atoms with Crippen LogP contribution >= 0.6 is 0 Å². The standard InChI is InChI=1S/C47H56N2O4/c1-36-46(53-35-47(2,3)4)52-34-43(48-36)45(51-33-40-24-15-8-16-25-40)44(29-41-26-17-27-42(28-41)50-32-39-22-13-7-14-23-39)49(30-37-18-9-5-10-19-37)31-38-20-11-6-12-21-38/h5-28,36,43-46,48H,29-35H2,1-4H3/t36-,43?,44+,45-,46+/m1/s1. The van der Waals surface area contributed by atoms with Gasteiger partial charge in [0, 0.05) is 19.1 Å². The topological polar surface area (TPSA) is 52.2 Å². The molecule has 6 nitrogen and oxygen atoms in total. The molecule has 6 heteroatoms. The predicted octanol–water partition coefficient (Wildman–Crippen LogP) is 9.23. The lowest BCUT2D eigenvalue weighted by atomic mass is 9.92. The van der Waals surface area contributed by atoms with Crippen molar-refractivity contribution in [2.45, 2.75) is 90.9 Å². The summed E-state index contributed by atoms with van der Waals surface area (Å²) >= 11 is 0. The summed E-state index contributed by atoms with van der Waals surface area (Å²) < 4.78 is 26.3. The van der Waals surface area contributed by atoms with E-state index >= 15 is 0 Å². The molecule has 1 heterocycles. The van der Waals surface area contributed by atoms with E-state index in [1.165, 1.54) is 16.7 Å². The molecule has 0 bridgehead atoms. The molecule has 278 valence electrons. The lowest BCUT2D eigenvalue weighted by Gasteiger charge is -2.45. The van der Waals surface area contributed by atoms with Gasteiger partial charge in [-0.3, -0.25) is 4.90 Å². The fourth-order valence-electron chi connectivity index (χ4n) is 6.91. The Kier molecular flexibility index (Phi) is 13.9. The number of rotatable bonds is 17. The van der Waals surface area contributed by atoms with E-state index in [1.807, 2.05) is 30.3 Å². The van der Waals surface area contributed by atoms with Crippen LogP contribution in [0.3, 0.4) is 0 Å². The summed E-state index contributed by atoms with van der Waals surface area (Å²) in [5.74, 6) is 0.858. The molecular weight excluding hydrogens is 657 g/mol. The Morgan fingerprint density at radius 3 is 1.75 bits per heavy atom. The maximum absolute atomic E-state index is 7.14. The molecule has 5 atom stereocenters. The third-order valence-electron chi connectivity index (χ3n) is 9.58. The summed E-state index contributed by atoms with van der Waals surface area (Å²) in [6.07, 6.45) is 0.183. The fourth-order valence-corrected chi connectivity index (χ4v) is 6.91. The quantitative estimate of drug-likeness (QED) is 0.104. The van der Waals surface area contributed by atoms with Crippen LogP contribution < -0.4 is 10.1 Å². The number of nitrogens with zero attached hydrogens (tertiary/aromatic N) is 1. The van der Waals surface area contributed by atoms with E-state index < -0.39 is 0 Å². The molecule has 0 aliphatic carbocycles. The average Bonchev–Trinajstić information content (AvgIpc) is 3.17. The molecule has 5 aromatic rings. The van der Waals surface area contributed by atoms with Crippen molar-refractivity contribution >= 4 is 0 Å².